The first-order valence-corrected chi connectivity index (χ1v) is 12.1. The van der Waals surface area contributed by atoms with E-state index in [1.54, 1.807) is 0 Å². The predicted octanol–water partition coefficient (Wildman–Crippen LogP) is 6.29. The van der Waals surface area contributed by atoms with Gasteiger partial charge in [0.05, 0.1) is 25.9 Å². The molecule has 6 nitrogen and oxygen atoms in total. The largest absolute Gasteiger partial charge is 0.494 e. The highest BCUT2D eigenvalue weighted by atomic mass is 79.9. The Morgan fingerprint density at radius 2 is 1.69 bits per heavy atom. The molecule has 0 radical (unpaired) electrons. The Morgan fingerprint density at radius 1 is 1.00 bits per heavy atom. The molecule has 1 aliphatic rings. The van der Waals surface area contributed by atoms with Crippen molar-refractivity contribution in [3.63, 3.8) is 0 Å². The maximum Gasteiger partial charge on any atom is 0.405 e. The highest BCUT2D eigenvalue weighted by molar-refractivity contribution is 9.10. The van der Waals surface area contributed by atoms with Crippen LogP contribution in [0.15, 0.2) is 53.0 Å². The number of carbonyl (C=O) groups is 1. The van der Waals surface area contributed by atoms with Crippen molar-refractivity contribution in [1.82, 2.24) is 5.32 Å². The number of benzene rings is 2. The second kappa shape index (κ2) is 13.5. The van der Waals surface area contributed by atoms with Gasteiger partial charge < -0.3 is 24.6 Å². The van der Waals surface area contributed by atoms with Crippen LogP contribution in [0.4, 0.5) is 4.79 Å². The molecule has 0 saturated carbocycles. The predicted molar refractivity (Wildman–Crippen MR) is 127 cm³/mol. The van der Waals surface area contributed by atoms with Gasteiger partial charge in [0, 0.05) is 4.47 Å². The highest BCUT2D eigenvalue weighted by Crippen LogP contribution is 2.29. The van der Waals surface area contributed by atoms with Crippen LogP contribution in [0.25, 0.3) is 0 Å². The third kappa shape index (κ3) is 8.45. The number of amides is 1. The van der Waals surface area contributed by atoms with E-state index < -0.39 is 12.1 Å². The van der Waals surface area contributed by atoms with Gasteiger partial charge in [0.1, 0.15) is 5.75 Å². The summed E-state index contributed by atoms with van der Waals surface area (Å²) in [5.41, 5.74) is 1.71. The van der Waals surface area contributed by atoms with E-state index in [9.17, 15) is 9.90 Å². The van der Waals surface area contributed by atoms with Gasteiger partial charge in [-0.2, -0.15) is 0 Å². The summed E-state index contributed by atoms with van der Waals surface area (Å²) in [6, 6.07) is 14.8. The molecule has 1 aliphatic heterocycles. The van der Waals surface area contributed by atoms with Crippen molar-refractivity contribution < 1.29 is 24.1 Å². The fourth-order valence-corrected chi connectivity index (χ4v) is 4.34. The smallest absolute Gasteiger partial charge is 0.405 e. The third-order valence-electron chi connectivity index (χ3n) is 5.42. The summed E-state index contributed by atoms with van der Waals surface area (Å²) in [6.45, 7) is 2.10. The van der Waals surface area contributed by atoms with Crippen LogP contribution in [0.3, 0.4) is 0 Å². The molecular weight excluding hydrogens is 474 g/mol. The first-order valence-electron chi connectivity index (χ1n) is 11.3. The van der Waals surface area contributed by atoms with E-state index >= 15 is 0 Å². The Balaban J connectivity index is 1.42. The molecule has 0 aliphatic carbocycles. The molecular formula is C25H32BrNO5. The number of hydrogen-bond donors (Lipinski definition) is 2. The molecule has 32 heavy (non-hydrogen) atoms. The standard InChI is InChI=1S/C25H32BrNO5/c26-21-16-20(24(27-25(28)29)19-10-6-5-7-11-19)17-22(18-21)30-13-9-4-2-1-3-8-12-23-31-14-15-32-23/h5-7,10-11,16-18,23-24,27H,1-4,8-9,12-15H2,(H,28,29). The normalized spacial score (nSPS) is 14.9. The van der Waals surface area contributed by atoms with E-state index in [4.69, 9.17) is 14.2 Å². The van der Waals surface area contributed by atoms with Crippen LogP contribution in [0.5, 0.6) is 5.75 Å². The van der Waals surface area contributed by atoms with Crippen LogP contribution in [-0.2, 0) is 9.47 Å². The Hall–Kier alpha value is -2.09. The number of nitrogens with one attached hydrogen (secondary N) is 1. The summed E-state index contributed by atoms with van der Waals surface area (Å²) >= 11 is 3.53. The third-order valence-corrected chi connectivity index (χ3v) is 5.88. The molecule has 1 fully saturated rings. The Labute approximate surface area is 198 Å². The number of rotatable bonds is 13. The molecule has 1 heterocycles. The molecule has 1 amide bonds. The van der Waals surface area contributed by atoms with Crippen LogP contribution in [0.1, 0.15) is 62.1 Å². The minimum absolute atomic E-state index is 0.0191. The average molecular weight is 506 g/mol. The lowest BCUT2D eigenvalue weighted by molar-refractivity contribution is -0.0480. The van der Waals surface area contributed by atoms with Crippen molar-refractivity contribution in [1.29, 1.82) is 0 Å². The van der Waals surface area contributed by atoms with Crippen molar-refractivity contribution >= 4 is 22.0 Å². The number of ether oxygens (including phenoxy) is 3. The zero-order valence-corrected chi connectivity index (χ0v) is 19.9. The van der Waals surface area contributed by atoms with E-state index in [1.165, 1.54) is 19.3 Å². The number of unbranched alkanes of at least 4 members (excludes halogenated alkanes) is 5. The van der Waals surface area contributed by atoms with Gasteiger partial charge in [-0.05, 0) is 48.6 Å². The molecule has 1 unspecified atom stereocenters. The molecule has 1 saturated heterocycles. The molecule has 0 spiro atoms. The molecule has 2 N–H and O–H groups in total. The SMILES string of the molecule is O=C(O)NC(c1ccccc1)c1cc(Br)cc(OCCCCCCCCC2OCCO2)c1. The summed E-state index contributed by atoms with van der Waals surface area (Å²) in [7, 11) is 0. The van der Waals surface area contributed by atoms with Gasteiger partial charge in [-0.15, -0.1) is 0 Å². The van der Waals surface area contributed by atoms with Crippen molar-refractivity contribution in [3.05, 3.63) is 64.1 Å². The van der Waals surface area contributed by atoms with Crippen LogP contribution < -0.4 is 10.1 Å². The Morgan fingerprint density at radius 3 is 2.41 bits per heavy atom. The maximum atomic E-state index is 11.4. The quantitative estimate of drug-likeness (QED) is 0.313. The van der Waals surface area contributed by atoms with Gasteiger partial charge in [0.15, 0.2) is 6.29 Å². The zero-order valence-electron chi connectivity index (χ0n) is 18.3. The average Bonchev–Trinajstić information content (AvgIpc) is 3.30. The van der Waals surface area contributed by atoms with E-state index in [0.717, 1.165) is 60.2 Å². The van der Waals surface area contributed by atoms with Gasteiger partial charge in [0.2, 0.25) is 0 Å². The molecule has 174 valence electrons. The van der Waals surface area contributed by atoms with Gasteiger partial charge in [-0.1, -0.05) is 71.9 Å². The summed E-state index contributed by atoms with van der Waals surface area (Å²) in [5, 5.41) is 11.9. The first-order chi connectivity index (χ1) is 15.6. The van der Waals surface area contributed by atoms with E-state index in [2.05, 4.69) is 21.2 Å². The molecule has 3 rings (SSSR count). The van der Waals surface area contributed by atoms with Gasteiger partial charge in [0.25, 0.3) is 0 Å². The highest BCUT2D eigenvalue weighted by Gasteiger charge is 2.18. The molecule has 7 heteroatoms. The molecule has 1 atom stereocenters. The van der Waals surface area contributed by atoms with Gasteiger partial charge in [-0.3, -0.25) is 0 Å². The van der Waals surface area contributed by atoms with Crippen LogP contribution in [0.2, 0.25) is 0 Å². The van der Waals surface area contributed by atoms with Crippen LogP contribution in [-0.4, -0.2) is 37.3 Å². The van der Waals surface area contributed by atoms with Crippen molar-refractivity contribution in [2.75, 3.05) is 19.8 Å². The van der Waals surface area contributed by atoms with Gasteiger partial charge in [-0.25, -0.2) is 4.79 Å². The van der Waals surface area contributed by atoms with Gasteiger partial charge >= 0.3 is 6.09 Å². The summed E-state index contributed by atoms with van der Waals surface area (Å²) in [4.78, 5) is 11.4. The van der Waals surface area contributed by atoms with Crippen LogP contribution >= 0.6 is 15.9 Å². The fraction of sp³-hybridized carbons (Fsp3) is 0.480. The number of halogens is 1. The maximum absolute atomic E-state index is 11.4. The zero-order chi connectivity index (χ0) is 22.6. The van der Waals surface area contributed by atoms with E-state index in [0.29, 0.717) is 6.61 Å². The number of hydrogen-bond acceptors (Lipinski definition) is 4. The van der Waals surface area contributed by atoms with Crippen LogP contribution in [0, 0.1) is 0 Å². The van der Waals surface area contributed by atoms with Crippen molar-refractivity contribution in [2.24, 2.45) is 0 Å². The van der Waals surface area contributed by atoms with E-state index in [-0.39, 0.29) is 6.29 Å². The monoisotopic (exact) mass is 505 g/mol. The lowest BCUT2D eigenvalue weighted by Gasteiger charge is -2.19. The Bertz CT molecular complexity index is 826. The Kier molecular flexibility index (Phi) is 10.3. The van der Waals surface area contributed by atoms with E-state index in [1.807, 2.05) is 48.5 Å². The molecule has 0 bridgehead atoms. The number of carboxylic acid groups (broad SMARTS) is 1. The minimum Gasteiger partial charge on any atom is -0.494 e. The van der Waals surface area contributed by atoms with Crippen molar-refractivity contribution in [3.8, 4) is 5.75 Å². The minimum atomic E-state index is -1.07. The molecule has 0 aromatic heterocycles. The molecule has 2 aromatic rings. The molecule has 2 aromatic carbocycles. The summed E-state index contributed by atoms with van der Waals surface area (Å²) in [5.74, 6) is 0.735. The first kappa shape index (κ1) is 24.6. The lowest BCUT2D eigenvalue weighted by atomic mass is 9.98. The summed E-state index contributed by atoms with van der Waals surface area (Å²) in [6.07, 6.45) is 6.83. The second-order valence-electron chi connectivity index (χ2n) is 7.94. The topological polar surface area (TPSA) is 77.0 Å². The second-order valence-corrected chi connectivity index (χ2v) is 8.86. The lowest BCUT2D eigenvalue weighted by Crippen LogP contribution is -2.27. The fourth-order valence-electron chi connectivity index (χ4n) is 3.85. The van der Waals surface area contributed by atoms with Crippen molar-refractivity contribution in [2.45, 2.75) is 57.3 Å². The summed E-state index contributed by atoms with van der Waals surface area (Å²) < 4.78 is 17.7.